The molecule has 3 heterocycles. The molecule has 0 saturated carbocycles. The van der Waals surface area contributed by atoms with Crippen LogP contribution >= 0.6 is 12.4 Å². The lowest BCUT2D eigenvalue weighted by Crippen LogP contribution is -2.45. The van der Waals surface area contributed by atoms with Crippen molar-refractivity contribution in [3.05, 3.63) is 18.0 Å². The molecule has 2 aliphatic rings. The molecule has 9 heteroatoms. The minimum absolute atomic E-state index is 0. The summed E-state index contributed by atoms with van der Waals surface area (Å²) in [4.78, 5) is 16.9. The van der Waals surface area contributed by atoms with Gasteiger partial charge < -0.3 is 15.2 Å². The Bertz CT molecular complexity index is 634. The SMILES string of the molecule is Cl.O=C(c1cc(S(=O)(=O)NC2CCCNC2)c[nH]1)N1CCCC1. The summed E-state index contributed by atoms with van der Waals surface area (Å²) in [5.41, 5.74) is 0.337. The number of amides is 1. The van der Waals surface area contributed by atoms with Crippen molar-refractivity contribution in [1.82, 2.24) is 19.9 Å². The van der Waals surface area contributed by atoms with E-state index in [0.29, 0.717) is 12.2 Å². The van der Waals surface area contributed by atoms with E-state index in [0.717, 1.165) is 45.3 Å². The monoisotopic (exact) mass is 362 g/mol. The van der Waals surface area contributed by atoms with E-state index in [1.54, 1.807) is 4.90 Å². The molecule has 1 atom stereocenters. The molecule has 0 radical (unpaired) electrons. The van der Waals surface area contributed by atoms with Crippen LogP contribution in [0.5, 0.6) is 0 Å². The quantitative estimate of drug-likeness (QED) is 0.735. The number of carbonyl (C=O) groups is 1. The molecule has 1 aromatic rings. The van der Waals surface area contributed by atoms with Gasteiger partial charge in [-0.15, -0.1) is 12.4 Å². The van der Waals surface area contributed by atoms with Crippen LogP contribution in [0.1, 0.15) is 36.2 Å². The molecule has 2 fully saturated rings. The molecule has 1 amide bonds. The van der Waals surface area contributed by atoms with Crippen molar-refractivity contribution in [2.24, 2.45) is 0 Å². The Morgan fingerprint density at radius 3 is 2.65 bits per heavy atom. The first kappa shape index (κ1) is 18.3. The molecule has 2 aliphatic heterocycles. The normalized spacial score (nSPS) is 21.9. The van der Waals surface area contributed by atoms with Crippen molar-refractivity contribution in [3.8, 4) is 0 Å². The van der Waals surface area contributed by atoms with Crippen molar-refractivity contribution >= 4 is 28.3 Å². The zero-order valence-electron chi connectivity index (χ0n) is 12.9. The number of hydrogen-bond acceptors (Lipinski definition) is 4. The van der Waals surface area contributed by atoms with E-state index in [9.17, 15) is 13.2 Å². The summed E-state index contributed by atoms with van der Waals surface area (Å²) >= 11 is 0. The molecule has 1 aromatic heterocycles. The Morgan fingerprint density at radius 2 is 2.00 bits per heavy atom. The number of carbonyl (C=O) groups excluding carboxylic acids is 1. The highest BCUT2D eigenvalue weighted by atomic mass is 35.5. The van der Waals surface area contributed by atoms with Crippen molar-refractivity contribution in [3.63, 3.8) is 0 Å². The molecule has 130 valence electrons. The van der Waals surface area contributed by atoms with Gasteiger partial charge in [0, 0.05) is 31.9 Å². The molecule has 3 N–H and O–H groups in total. The van der Waals surface area contributed by atoms with Crippen LogP contribution in [-0.4, -0.2) is 56.4 Å². The van der Waals surface area contributed by atoms with E-state index in [2.05, 4.69) is 15.0 Å². The lowest BCUT2D eigenvalue weighted by atomic mass is 10.1. The summed E-state index contributed by atoms with van der Waals surface area (Å²) in [6, 6.07) is 1.34. The molecular formula is C14H23ClN4O3S. The van der Waals surface area contributed by atoms with Crippen LogP contribution in [0.3, 0.4) is 0 Å². The summed E-state index contributed by atoms with van der Waals surface area (Å²) in [5, 5.41) is 3.17. The van der Waals surface area contributed by atoms with Gasteiger partial charge in [0.05, 0.1) is 0 Å². The average molecular weight is 363 g/mol. The third-order valence-electron chi connectivity index (χ3n) is 4.21. The minimum Gasteiger partial charge on any atom is -0.356 e. The molecule has 7 nitrogen and oxygen atoms in total. The third kappa shape index (κ3) is 4.26. The van der Waals surface area contributed by atoms with E-state index in [-0.39, 0.29) is 29.3 Å². The molecule has 3 rings (SSSR count). The van der Waals surface area contributed by atoms with E-state index in [1.165, 1.54) is 12.3 Å². The maximum atomic E-state index is 12.4. The number of nitrogens with one attached hydrogen (secondary N) is 3. The fourth-order valence-corrected chi connectivity index (χ4v) is 4.25. The van der Waals surface area contributed by atoms with Gasteiger partial charge in [-0.25, -0.2) is 13.1 Å². The van der Waals surface area contributed by atoms with E-state index in [1.807, 2.05) is 0 Å². The topological polar surface area (TPSA) is 94.3 Å². The van der Waals surface area contributed by atoms with Gasteiger partial charge >= 0.3 is 0 Å². The van der Waals surface area contributed by atoms with Crippen LogP contribution < -0.4 is 10.0 Å². The van der Waals surface area contributed by atoms with Gasteiger partial charge in [-0.1, -0.05) is 0 Å². The largest absolute Gasteiger partial charge is 0.356 e. The van der Waals surface area contributed by atoms with E-state index >= 15 is 0 Å². The van der Waals surface area contributed by atoms with Crippen molar-refractivity contribution < 1.29 is 13.2 Å². The highest BCUT2D eigenvalue weighted by Crippen LogP contribution is 2.16. The predicted octanol–water partition coefficient (Wildman–Crippen LogP) is 0.703. The van der Waals surface area contributed by atoms with Crippen LogP contribution in [0.15, 0.2) is 17.2 Å². The molecular weight excluding hydrogens is 340 g/mol. The number of halogens is 1. The fraction of sp³-hybridized carbons (Fsp3) is 0.643. The Labute approximate surface area is 142 Å². The first-order valence-corrected chi connectivity index (χ1v) is 9.25. The average Bonchev–Trinajstić information content (AvgIpc) is 3.19. The number of aromatic nitrogens is 1. The highest BCUT2D eigenvalue weighted by Gasteiger charge is 2.25. The Balaban J connectivity index is 0.00000192. The third-order valence-corrected chi connectivity index (χ3v) is 5.71. The molecule has 0 aliphatic carbocycles. The zero-order chi connectivity index (χ0) is 15.6. The smallest absolute Gasteiger partial charge is 0.270 e. The molecule has 1 unspecified atom stereocenters. The van der Waals surface area contributed by atoms with Gasteiger partial charge in [0.25, 0.3) is 5.91 Å². The summed E-state index contributed by atoms with van der Waals surface area (Å²) in [6.07, 6.45) is 5.19. The molecule has 0 spiro atoms. The van der Waals surface area contributed by atoms with Crippen LogP contribution in [-0.2, 0) is 10.0 Å². The second-order valence-corrected chi connectivity index (χ2v) is 7.63. The number of likely N-dealkylation sites (tertiary alicyclic amines) is 1. The van der Waals surface area contributed by atoms with Gasteiger partial charge in [0.1, 0.15) is 10.6 Å². The Hall–Kier alpha value is -1.09. The van der Waals surface area contributed by atoms with Crippen LogP contribution in [0.2, 0.25) is 0 Å². The van der Waals surface area contributed by atoms with Gasteiger partial charge in [0.2, 0.25) is 10.0 Å². The van der Waals surface area contributed by atoms with Crippen LogP contribution in [0.25, 0.3) is 0 Å². The number of H-pyrrole nitrogens is 1. The van der Waals surface area contributed by atoms with Crippen molar-refractivity contribution in [2.75, 3.05) is 26.2 Å². The van der Waals surface area contributed by atoms with E-state index in [4.69, 9.17) is 0 Å². The standard InChI is InChI=1S/C14H22N4O3S.ClH/c19-14(18-6-1-2-7-18)13-8-12(10-16-13)22(20,21)17-11-4-3-5-15-9-11;/h8,10-11,15-17H,1-7,9H2;1H. The minimum atomic E-state index is -3.59. The Kier molecular flexibility index (Phi) is 6.07. The second-order valence-electron chi connectivity index (χ2n) is 5.91. The van der Waals surface area contributed by atoms with Crippen LogP contribution in [0, 0.1) is 0 Å². The number of piperidine rings is 1. The van der Waals surface area contributed by atoms with Crippen molar-refractivity contribution in [2.45, 2.75) is 36.6 Å². The van der Waals surface area contributed by atoms with Crippen LogP contribution in [0.4, 0.5) is 0 Å². The number of hydrogen-bond donors (Lipinski definition) is 3. The molecule has 0 bridgehead atoms. The van der Waals surface area contributed by atoms with Gasteiger partial charge in [0.15, 0.2) is 0 Å². The maximum Gasteiger partial charge on any atom is 0.270 e. The van der Waals surface area contributed by atoms with Gasteiger partial charge in [-0.3, -0.25) is 4.79 Å². The Morgan fingerprint density at radius 1 is 1.26 bits per heavy atom. The molecule has 23 heavy (non-hydrogen) atoms. The first-order valence-electron chi connectivity index (χ1n) is 7.77. The predicted molar refractivity (Wildman–Crippen MR) is 89.4 cm³/mol. The molecule has 2 saturated heterocycles. The fourth-order valence-electron chi connectivity index (χ4n) is 2.98. The summed E-state index contributed by atoms with van der Waals surface area (Å²) in [6.45, 7) is 3.05. The lowest BCUT2D eigenvalue weighted by molar-refractivity contribution is 0.0787. The first-order chi connectivity index (χ1) is 10.6. The number of aromatic amines is 1. The highest BCUT2D eigenvalue weighted by molar-refractivity contribution is 7.89. The van der Waals surface area contributed by atoms with E-state index < -0.39 is 10.0 Å². The lowest BCUT2D eigenvalue weighted by Gasteiger charge is -2.23. The van der Waals surface area contributed by atoms with Gasteiger partial charge in [-0.2, -0.15) is 0 Å². The summed E-state index contributed by atoms with van der Waals surface area (Å²) in [5.74, 6) is -0.127. The zero-order valence-corrected chi connectivity index (χ0v) is 14.5. The number of nitrogens with zero attached hydrogens (tertiary/aromatic N) is 1. The number of sulfonamides is 1. The number of rotatable bonds is 4. The van der Waals surface area contributed by atoms with Gasteiger partial charge in [-0.05, 0) is 38.3 Å². The molecule has 0 aromatic carbocycles. The maximum absolute atomic E-state index is 12.4. The summed E-state index contributed by atoms with van der Waals surface area (Å²) in [7, 11) is -3.59. The second kappa shape index (κ2) is 7.65. The van der Waals surface area contributed by atoms with Crippen molar-refractivity contribution in [1.29, 1.82) is 0 Å². The summed E-state index contributed by atoms with van der Waals surface area (Å²) < 4.78 is 27.4.